The number of methoxy groups -OCH3 is 2. The van der Waals surface area contributed by atoms with Crippen molar-refractivity contribution < 1.29 is 52.7 Å². The summed E-state index contributed by atoms with van der Waals surface area (Å²) in [5, 5.41) is -2.57. The third-order valence-electron chi connectivity index (χ3n) is 6.75. The Morgan fingerprint density at radius 1 is 0.561 bits per heavy atom. The summed E-state index contributed by atoms with van der Waals surface area (Å²) in [5.41, 5.74) is -6.89. The Labute approximate surface area is 230 Å². The van der Waals surface area contributed by atoms with Crippen LogP contribution in [0, 0.1) is 0 Å². The average molecular weight is 617 g/mol. The maximum Gasteiger partial charge on any atom is 0.380 e. The van der Waals surface area contributed by atoms with E-state index in [2.05, 4.69) is 0 Å². The molecule has 14 heteroatoms. The number of sulfone groups is 2. The smallest absolute Gasteiger partial charge is 0.380 e. The minimum Gasteiger partial charge on any atom is -0.486 e. The third-order valence-corrected chi connectivity index (χ3v) is 10.4. The number of rotatable bonds is 6. The van der Waals surface area contributed by atoms with Gasteiger partial charge in [-0.1, -0.05) is 60.7 Å². The van der Waals surface area contributed by atoms with Crippen LogP contribution in [0.15, 0.2) is 105 Å². The lowest BCUT2D eigenvalue weighted by Crippen LogP contribution is -2.49. The number of hydrogen-bond donors (Lipinski definition) is 0. The largest absolute Gasteiger partial charge is 0.486 e. The van der Waals surface area contributed by atoms with Crippen molar-refractivity contribution in [1.29, 1.82) is 0 Å². The summed E-state index contributed by atoms with van der Waals surface area (Å²) in [6.45, 7) is 0. The second kappa shape index (κ2) is 9.11. The van der Waals surface area contributed by atoms with Gasteiger partial charge < -0.3 is 9.47 Å². The monoisotopic (exact) mass is 616 g/mol. The molecule has 0 spiro atoms. The minimum atomic E-state index is -6.11. The van der Waals surface area contributed by atoms with Gasteiger partial charge in [0, 0.05) is 22.3 Å². The lowest BCUT2D eigenvalue weighted by Gasteiger charge is -2.26. The minimum absolute atomic E-state index is 0.0643. The molecule has 0 fully saturated rings. The molecule has 3 aliphatic rings. The van der Waals surface area contributed by atoms with E-state index in [-0.39, 0.29) is 11.1 Å². The molecule has 0 amide bonds. The molecule has 216 valence electrons. The van der Waals surface area contributed by atoms with Gasteiger partial charge in [-0.15, -0.1) is 0 Å². The van der Waals surface area contributed by atoms with E-state index in [0.29, 0.717) is 12.2 Å². The fraction of sp³-hybridized carbons (Fsp3) is 0.185. The maximum absolute atomic E-state index is 15.5. The van der Waals surface area contributed by atoms with Crippen LogP contribution in [0.5, 0.6) is 0 Å². The molecule has 1 aliphatic carbocycles. The molecule has 0 radical (unpaired) electrons. The fourth-order valence-corrected chi connectivity index (χ4v) is 8.10. The second-order valence-electron chi connectivity index (χ2n) is 9.04. The van der Waals surface area contributed by atoms with Crippen LogP contribution in [0.1, 0.15) is 11.1 Å². The van der Waals surface area contributed by atoms with Gasteiger partial charge in [-0.3, -0.25) is 0 Å². The van der Waals surface area contributed by atoms with E-state index in [9.17, 15) is 25.6 Å². The fourth-order valence-electron chi connectivity index (χ4n) is 4.93. The highest BCUT2D eigenvalue weighted by Gasteiger charge is 2.81. The van der Waals surface area contributed by atoms with Crippen molar-refractivity contribution in [2.24, 2.45) is 0 Å². The van der Waals surface area contributed by atoms with Crippen LogP contribution in [0.3, 0.4) is 0 Å². The highest BCUT2D eigenvalue weighted by atomic mass is 32.2. The molecular weight excluding hydrogens is 598 g/mol. The zero-order valence-electron chi connectivity index (χ0n) is 21.0. The normalized spacial score (nSPS) is 23.5. The zero-order chi connectivity index (χ0) is 30.2. The van der Waals surface area contributed by atoms with Gasteiger partial charge in [-0.25, -0.2) is 16.8 Å². The first-order valence-electron chi connectivity index (χ1n) is 11.6. The number of benzene rings is 2. The molecule has 0 atom stereocenters. The Kier molecular flexibility index (Phi) is 6.39. The van der Waals surface area contributed by atoms with Crippen molar-refractivity contribution in [2.75, 3.05) is 14.2 Å². The summed E-state index contributed by atoms with van der Waals surface area (Å²) < 4.78 is 155. The average Bonchev–Trinajstić information content (AvgIpc) is 3.38. The Morgan fingerprint density at radius 3 is 1.17 bits per heavy atom. The molecule has 2 heterocycles. The van der Waals surface area contributed by atoms with Crippen LogP contribution in [0.25, 0.3) is 9.81 Å². The van der Waals surface area contributed by atoms with Gasteiger partial charge in [0.05, 0.1) is 24.0 Å². The summed E-state index contributed by atoms with van der Waals surface area (Å²) in [6, 6.07) is 13.7. The van der Waals surface area contributed by atoms with Gasteiger partial charge in [0.25, 0.3) is 0 Å². The van der Waals surface area contributed by atoms with E-state index in [1.165, 1.54) is 60.7 Å². The molecule has 0 saturated carbocycles. The van der Waals surface area contributed by atoms with Crippen LogP contribution in [0.2, 0.25) is 0 Å². The van der Waals surface area contributed by atoms with E-state index in [0.717, 1.165) is 14.2 Å². The summed E-state index contributed by atoms with van der Waals surface area (Å²) in [7, 11) is -8.13. The number of halogens is 6. The van der Waals surface area contributed by atoms with Crippen LogP contribution >= 0.6 is 0 Å². The standard InChI is InChI=1S/C27H18F6O6S2/c1-38-23-17(13-19(40(23,34)35)15-9-5-3-6-10-15)21-22(26(30,31)27(32,33)25(21,28)29)18-14-20(16-11-7-4-8-12-16)41(36,37)24(18)39-2/h3-14H,1-2H3. The SMILES string of the molecule is COC1=C(C2=C(C3=C(OC)S(=O)(=O)C(c4ccccc4)=C3)C(F)(F)C(F)(F)C2(F)F)C=C(c2ccccc2)S1(=O)=O. The first-order valence-corrected chi connectivity index (χ1v) is 14.5. The first kappa shape index (κ1) is 28.7. The summed E-state index contributed by atoms with van der Waals surface area (Å²) in [4.78, 5) is -1.35. The van der Waals surface area contributed by atoms with E-state index >= 15 is 17.6 Å². The molecule has 0 saturated heterocycles. The molecule has 5 rings (SSSR count). The molecule has 6 nitrogen and oxygen atoms in total. The Hall–Kier alpha value is -3.78. The molecule has 0 aromatic heterocycles. The van der Waals surface area contributed by atoms with Gasteiger partial charge >= 0.3 is 17.8 Å². The quantitative estimate of drug-likeness (QED) is 0.378. The van der Waals surface area contributed by atoms with E-state index in [1.807, 2.05) is 0 Å². The van der Waals surface area contributed by atoms with Gasteiger partial charge in [0.1, 0.15) is 0 Å². The molecule has 2 aromatic rings. The van der Waals surface area contributed by atoms with Gasteiger partial charge in [0.2, 0.25) is 29.9 Å². The Morgan fingerprint density at radius 2 is 0.878 bits per heavy atom. The van der Waals surface area contributed by atoms with Crippen LogP contribution in [0.4, 0.5) is 26.3 Å². The summed E-state index contributed by atoms with van der Waals surface area (Å²) in [6.07, 6.45) is 1.06. The van der Waals surface area contributed by atoms with Crippen LogP contribution in [-0.4, -0.2) is 48.8 Å². The zero-order valence-corrected chi connectivity index (χ0v) is 22.6. The summed E-state index contributed by atoms with van der Waals surface area (Å²) >= 11 is 0. The van der Waals surface area contributed by atoms with Crippen molar-refractivity contribution in [3.8, 4) is 0 Å². The molecule has 2 aliphatic heterocycles. The van der Waals surface area contributed by atoms with Crippen molar-refractivity contribution in [2.45, 2.75) is 17.8 Å². The topological polar surface area (TPSA) is 86.7 Å². The predicted octanol–water partition coefficient (Wildman–Crippen LogP) is 5.86. The Bertz CT molecular complexity index is 1700. The number of ether oxygens (including phenoxy) is 2. The van der Waals surface area contributed by atoms with Crippen LogP contribution in [-0.2, 0) is 29.1 Å². The predicted molar refractivity (Wildman–Crippen MR) is 137 cm³/mol. The van der Waals surface area contributed by atoms with E-state index in [1.54, 1.807) is 0 Å². The van der Waals surface area contributed by atoms with Crippen molar-refractivity contribution in [3.05, 3.63) is 116 Å². The molecule has 0 bridgehead atoms. The number of hydrogen-bond acceptors (Lipinski definition) is 6. The second-order valence-corrected chi connectivity index (χ2v) is 12.7. The highest BCUT2D eigenvalue weighted by molar-refractivity contribution is 8.04. The number of allylic oxidation sites excluding steroid dienone is 6. The molecule has 41 heavy (non-hydrogen) atoms. The third kappa shape index (κ3) is 3.76. The van der Waals surface area contributed by atoms with Gasteiger partial charge in [-0.2, -0.15) is 26.3 Å². The molecule has 2 aromatic carbocycles. The van der Waals surface area contributed by atoms with Crippen LogP contribution < -0.4 is 0 Å². The summed E-state index contributed by atoms with van der Waals surface area (Å²) in [5.74, 6) is -17.5. The van der Waals surface area contributed by atoms with Crippen molar-refractivity contribution in [3.63, 3.8) is 0 Å². The first-order chi connectivity index (χ1) is 19.1. The number of alkyl halides is 6. The van der Waals surface area contributed by atoms with Gasteiger partial charge in [-0.05, 0) is 23.3 Å². The van der Waals surface area contributed by atoms with E-state index < -0.39 is 79.7 Å². The molecule has 0 N–H and O–H groups in total. The molecular formula is C27H18F6O6S2. The Balaban J connectivity index is 1.92. The van der Waals surface area contributed by atoms with Crippen molar-refractivity contribution in [1.82, 2.24) is 0 Å². The highest BCUT2D eigenvalue weighted by Crippen LogP contribution is 2.65. The lowest BCUT2D eigenvalue weighted by molar-refractivity contribution is -0.263. The maximum atomic E-state index is 15.5. The van der Waals surface area contributed by atoms with Gasteiger partial charge in [0.15, 0.2) is 0 Å². The van der Waals surface area contributed by atoms with E-state index in [4.69, 9.17) is 9.47 Å². The van der Waals surface area contributed by atoms with Crippen molar-refractivity contribution >= 4 is 29.5 Å². The lowest BCUT2D eigenvalue weighted by atomic mass is 9.94. The molecule has 0 unspecified atom stereocenters.